The summed E-state index contributed by atoms with van der Waals surface area (Å²) in [7, 11) is 1.82. The van der Waals surface area contributed by atoms with Crippen molar-refractivity contribution >= 4 is 34.9 Å². The molecule has 0 saturated carbocycles. The van der Waals surface area contributed by atoms with Gasteiger partial charge in [-0.15, -0.1) is 0 Å². The fourth-order valence-corrected chi connectivity index (χ4v) is 2.65. The summed E-state index contributed by atoms with van der Waals surface area (Å²) in [5.74, 6) is -1.87. The second-order valence-corrected chi connectivity index (χ2v) is 6.44. The fraction of sp³-hybridized carbons (Fsp3) is 0.278. The van der Waals surface area contributed by atoms with Crippen molar-refractivity contribution in [3.63, 3.8) is 0 Å². The van der Waals surface area contributed by atoms with E-state index in [2.05, 4.69) is 5.32 Å². The Hall–Kier alpha value is -3.20. The molecule has 0 aliphatic heterocycles. The number of halogens is 1. The molecule has 0 atom stereocenters. The van der Waals surface area contributed by atoms with Crippen LogP contribution in [0.25, 0.3) is 0 Å². The Balaban J connectivity index is 1.89. The van der Waals surface area contributed by atoms with Crippen molar-refractivity contribution in [2.75, 3.05) is 13.2 Å². The first-order valence-electron chi connectivity index (χ1n) is 8.15. The van der Waals surface area contributed by atoms with Crippen LogP contribution in [0.4, 0.5) is 5.69 Å². The maximum absolute atomic E-state index is 12.2. The number of hydrogen-bond acceptors (Lipinski definition) is 6. The summed E-state index contributed by atoms with van der Waals surface area (Å²) in [6.07, 6.45) is 0. The quantitative estimate of drug-likeness (QED) is 0.325. The molecule has 2 rings (SSSR count). The van der Waals surface area contributed by atoms with Gasteiger partial charge >= 0.3 is 5.97 Å². The Kier molecular flexibility index (Phi) is 6.53. The van der Waals surface area contributed by atoms with E-state index in [0.717, 1.165) is 17.5 Å². The number of ether oxygens (including phenoxy) is 1. The van der Waals surface area contributed by atoms with Crippen molar-refractivity contribution in [2.45, 2.75) is 13.8 Å². The summed E-state index contributed by atoms with van der Waals surface area (Å²) in [5, 5.41) is 13.0. The topological polar surface area (TPSA) is 121 Å². The van der Waals surface area contributed by atoms with E-state index < -0.39 is 35.6 Å². The van der Waals surface area contributed by atoms with Crippen LogP contribution in [0.3, 0.4) is 0 Å². The van der Waals surface area contributed by atoms with Crippen molar-refractivity contribution in [1.82, 2.24) is 9.88 Å². The maximum atomic E-state index is 12.2. The van der Waals surface area contributed by atoms with Gasteiger partial charge in [0.1, 0.15) is 11.6 Å². The number of nitro benzene ring substituents is 1. The Morgan fingerprint density at radius 1 is 1.25 bits per heavy atom. The average Bonchev–Trinajstić information content (AvgIpc) is 2.91. The first-order chi connectivity index (χ1) is 13.1. The van der Waals surface area contributed by atoms with Gasteiger partial charge in [0, 0.05) is 35.6 Å². The van der Waals surface area contributed by atoms with Gasteiger partial charge < -0.3 is 14.6 Å². The fourth-order valence-electron chi connectivity index (χ4n) is 2.46. The number of nitrogens with one attached hydrogen (secondary N) is 1. The molecule has 0 radical (unpaired) electrons. The molecule has 1 amide bonds. The van der Waals surface area contributed by atoms with Crippen molar-refractivity contribution in [2.24, 2.45) is 7.05 Å². The van der Waals surface area contributed by atoms with E-state index in [-0.39, 0.29) is 16.4 Å². The largest absolute Gasteiger partial charge is 0.456 e. The summed E-state index contributed by atoms with van der Waals surface area (Å²) >= 11 is 5.69. The molecule has 2 aromatic rings. The predicted molar refractivity (Wildman–Crippen MR) is 101 cm³/mol. The molecule has 28 heavy (non-hydrogen) atoms. The highest BCUT2D eigenvalue weighted by Gasteiger charge is 2.18. The van der Waals surface area contributed by atoms with Crippen molar-refractivity contribution in [1.29, 1.82) is 0 Å². The number of aromatic nitrogens is 1. The van der Waals surface area contributed by atoms with Gasteiger partial charge in [-0.1, -0.05) is 11.6 Å². The van der Waals surface area contributed by atoms with Crippen LogP contribution in [0.1, 0.15) is 32.1 Å². The lowest BCUT2D eigenvalue weighted by Crippen LogP contribution is -2.31. The molecule has 1 heterocycles. The molecule has 9 nitrogen and oxygen atoms in total. The number of ketones is 1. The van der Waals surface area contributed by atoms with E-state index in [4.69, 9.17) is 16.3 Å². The standard InChI is InChI=1S/C18H18ClN3O6/c1-10-6-13(11(2)21(10)3)16(23)9-28-17(24)8-20-18(25)12-4-5-14(19)15(7-12)22(26)27/h4-7H,8-9H2,1-3H3,(H,20,25). The SMILES string of the molecule is Cc1cc(C(=O)COC(=O)CNC(=O)c2ccc(Cl)c([N+](=O)[O-])c2)c(C)n1C. The van der Waals surface area contributed by atoms with E-state index in [1.165, 1.54) is 12.1 Å². The third-order valence-electron chi connectivity index (χ3n) is 4.24. The molecular weight excluding hydrogens is 390 g/mol. The van der Waals surface area contributed by atoms with Crippen LogP contribution in [0, 0.1) is 24.0 Å². The second kappa shape index (κ2) is 8.66. The normalized spacial score (nSPS) is 10.4. The van der Waals surface area contributed by atoms with Crippen molar-refractivity contribution < 1.29 is 24.0 Å². The van der Waals surface area contributed by atoms with E-state index in [1.54, 1.807) is 13.0 Å². The first kappa shape index (κ1) is 21.1. The number of hydrogen-bond donors (Lipinski definition) is 1. The zero-order chi connectivity index (χ0) is 21.0. The molecule has 1 N–H and O–H groups in total. The summed E-state index contributed by atoms with van der Waals surface area (Å²) in [6.45, 7) is 2.70. The number of Topliss-reactive ketones (excluding diaryl/α,β-unsaturated/α-hetero) is 1. The lowest BCUT2D eigenvalue weighted by atomic mass is 10.1. The molecule has 1 aromatic heterocycles. The molecule has 0 aliphatic rings. The first-order valence-corrected chi connectivity index (χ1v) is 8.53. The van der Waals surface area contributed by atoms with Gasteiger partial charge in [-0.05, 0) is 32.0 Å². The van der Waals surface area contributed by atoms with Gasteiger partial charge in [0.25, 0.3) is 11.6 Å². The number of benzene rings is 1. The molecule has 0 aliphatic carbocycles. The number of carbonyl (C=O) groups is 3. The predicted octanol–water partition coefficient (Wildman–Crippen LogP) is 2.36. The van der Waals surface area contributed by atoms with E-state index in [0.29, 0.717) is 5.56 Å². The van der Waals surface area contributed by atoms with Crippen LogP contribution in [0.5, 0.6) is 0 Å². The van der Waals surface area contributed by atoms with Gasteiger partial charge in [-0.25, -0.2) is 0 Å². The molecule has 0 fully saturated rings. The number of nitro groups is 1. The Labute approximate surface area is 165 Å². The van der Waals surface area contributed by atoms with Gasteiger partial charge in [0.05, 0.1) is 4.92 Å². The lowest BCUT2D eigenvalue weighted by molar-refractivity contribution is -0.384. The lowest BCUT2D eigenvalue weighted by Gasteiger charge is -2.07. The minimum absolute atomic E-state index is 0.0321. The summed E-state index contributed by atoms with van der Waals surface area (Å²) < 4.78 is 6.74. The Morgan fingerprint density at radius 3 is 2.50 bits per heavy atom. The van der Waals surface area contributed by atoms with Crippen molar-refractivity contribution in [3.05, 3.63) is 61.9 Å². The zero-order valence-corrected chi connectivity index (χ0v) is 16.2. The van der Waals surface area contributed by atoms with Crippen LogP contribution < -0.4 is 5.32 Å². The number of carbonyl (C=O) groups excluding carboxylic acids is 3. The van der Waals surface area contributed by atoms with Gasteiger partial charge in [-0.2, -0.15) is 0 Å². The molecule has 0 spiro atoms. The summed E-state index contributed by atoms with van der Waals surface area (Å²) in [6, 6.07) is 5.23. The number of rotatable bonds is 7. The van der Waals surface area contributed by atoms with Crippen LogP contribution in [-0.2, 0) is 16.6 Å². The molecule has 148 valence electrons. The molecule has 1 aromatic carbocycles. The van der Waals surface area contributed by atoms with Crippen LogP contribution in [0.15, 0.2) is 24.3 Å². The molecule has 0 unspecified atom stereocenters. The second-order valence-electron chi connectivity index (χ2n) is 6.03. The molecule has 0 bridgehead atoms. The summed E-state index contributed by atoms with van der Waals surface area (Å²) in [5.41, 5.74) is 1.67. The Morgan fingerprint density at radius 2 is 1.93 bits per heavy atom. The van der Waals surface area contributed by atoms with Gasteiger partial charge in [0.15, 0.2) is 6.61 Å². The highest BCUT2D eigenvalue weighted by Crippen LogP contribution is 2.24. The van der Waals surface area contributed by atoms with Gasteiger partial charge in [0.2, 0.25) is 5.78 Å². The molecular formula is C18H18ClN3O6. The highest BCUT2D eigenvalue weighted by molar-refractivity contribution is 6.32. The van der Waals surface area contributed by atoms with Gasteiger partial charge in [-0.3, -0.25) is 24.5 Å². The summed E-state index contributed by atoms with van der Waals surface area (Å²) in [4.78, 5) is 46.1. The monoisotopic (exact) mass is 407 g/mol. The Bertz CT molecular complexity index is 966. The van der Waals surface area contributed by atoms with Crippen LogP contribution in [0.2, 0.25) is 5.02 Å². The van der Waals surface area contributed by atoms with Crippen LogP contribution in [-0.4, -0.2) is 40.3 Å². The van der Waals surface area contributed by atoms with Crippen molar-refractivity contribution in [3.8, 4) is 0 Å². The highest BCUT2D eigenvalue weighted by atomic mass is 35.5. The van der Waals surface area contributed by atoms with E-state index in [1.807, 2.05) is 18.5 Å². The number of aryl methyl sites for hydroxylation is 1. The number of amides is 1. The number of esters is 1. The minimum Gasteiger partial charge on any atom is -0.456 e. The third-order valence-corrected chi connectivity index (χ3v) is 4.56. The van der Waals surface area contributed by atoms with E-state index >= 15 is 0 Å². The molecule has 0 saturated heterocycles. The smallest absolute Gasteiger partial charge is 0.325 e. The molecule has 10 heteroatoms. The maximum Gasteiger partial charge on any atom is 0.325 e. The van der Waals surface area contributed by atoms with Crippen LogP contribution >= 0.6 is 11.6 Å². The van der Waals surface area contributed by atoms with E-state index in [9.17, 15) is 24.5 Å². The third kappa shape index (κ3) is 4.74. The minimum atomic E-state index is -0.810. The average molecular weight is 408 g/mol. The zero-order valence-electron chi connectivity index (χ0n) is 15.4. The number of nitrogens with zero attached hydrogens (tertiary/aromatic N) is 2.